The van der Waals surface area contributed by atoms with E-state index in [1.807, 2.05) is 0 Å². The van der Waals surface area contributed by atoms with Gasteiger partial charge in [-0.2, -0.15) is 0 Å². The Kier molecular flexibility index (Phi) is 5.87. The van der Waals surface area contributed by atoms with E-state index < -0.39 is 11.9 Å². The van der Waals surface area contributed by atoms with Crippen LogP contribution in [0.25, 0.3) is 0 Å². The predicted molar refractivity (Wildman–Crippen MR) is 72.1 cm³/mol. The number of benzene rings is 1. The summed E-state index contributed by atoms with van der Waals surface area (Å²) in [5.41, 5.74) is 5.51. The second kappa shape index (κ2) is 6.96. The van der Waals surface area contributed by atoms with Crippen LogP contribution in [-0.4, -0.2) is 20.0 Å². The summed E-state index contributed by atoms with van der Waals surface area (Å²) in [6.45, 7) is 1.67. The number of hydrogen-bond acceptors (Lipinski definition) is 4. The minimum Gasteiger partial charge on any atom is -0.412 e. The molecule has 1 atom stereocenters. The zero-order valence-electron chi connectivity index (χ0n) is 10.6. The van der Waals surface area contributed by atoms with Crippen LogP contribution in [0.15, 0.2) is 18.2 Å². The zero-order chi connectivity index (χ0) is 14.5. The molecule has 0 aliphatic carbocycles. The standard InChI is InChI=1S/C12H15Cl2NO4/c1-3-12(18-7-17-2,19-11(15)16)8-5-4-6-9(13)10(8)14/h4-6H,3,7H2,1-2H3,(H2,15,16)/t12-/m0/s1. The molecule has 1 aromatic carbocycles. The third-order valence-electron chi connectivity index (χ3n) is 2.50. The number of carbonyl (C=O) groups excluding carboxylic acids is 1. The van der Waals surface area contributed by atoms with Crippen molar-refractivity contribution >= 4 is 29.3 Å². The van der Waals surface area contributed by atoms with Crippen molar-refractivity contribution in [2.24, 2.45) is 5.73 Å². The topological polar surface area (TPSA) is 70.8 Å². The minimum atomic E-state index is -1.43. The first-order valence-corrected chi connectivity index (χ1v) is 6.28. The molecule has 2 N–H and O–H groups in total. The fourth-order valence-electron chi connectivity index (χ4n) is 1.64. The molecule has 0 aromatic heterocycles. The Morgan fingerprint density at radius 3 is 2.63 bits per heavy atom. The number of rotatable bonds is 6. The molecule has 0 spiro atoms. The molecular weight excluding hydrogens is 293 g/mol. The van der Waals surface area contributed by atoms with Crippen LogP contribution >= 0.6 is 23.2 Å². The molecule has 0 aliphatic rings. The van der Waals surface area contributed by atoms with Gasteiger partial charge in [0.25, 0.3) is 0 Å². The summed E-state index contributed by atoms with van der Waals surface area (Å²) in [4.78, 5) is 11.1. The summed E-state index contributed by atoms with van der Waals surface area (Å²) in [5.74, 6) is -1.43. The lowest BCUT2D eigenvalue weighted by Crippen LogP contribution is -2.38. The second-order valence-electron chi connectivity index (χ2n) is 3.68. The highest BCUT2D eigenvalue weighted by Gasteiger charge is 2.38. The first-order chi connectivity index (χ1) is 8.96. The minimum absolute atomic E-state index is 0.0933. The van der Waals surface area contributed by atoms with Crippen LogP contribution in [0.2, 0.25) is 10.0 Å². The van der Waals surface area contributed by atoms with Gasteiger partial charge < -0.3 is 19.9 Å². The molecule has 19 heavy (non-hydrogen) atoms. The molecule has 1 amide bonds. The van der Waals surface area contributed by atoms with Gasteiger partial charge in [-0.05, 0) is 6.07 Å². The maximum absolute atomic E-state index is 11.1. The SMILES string of the molecule is CC[C@](OCOC)(OC(N)=O)c1cccc(Cl)c1Cl. The van der Waals surface area contributed by atoms with E-state index in [-0.39, 0.29) is 11.8 Å². The van der Waals surface area contributed by atoms with Gasteiger partial charge in [0, 0.05) is 19.1 Å². The summed E-state index contributed by atoms with van der Waals surface area (Å²) >= 11 is 12.1. The molecule has 0 heterocycles. The molecule has 0 saturated heterocycles. The van der Waals surface area contributed by atoms with E-state index in [9.17, 15) is 4.79 Å². The lowest BCUT2D eigenvalue weighted by Gasteiger charge is -2.32. The molecule has 0 aliphatic heterocycles. The first kappa shape index (κ1) is 16.0. The third kappa shape index (κ3) is 3.73. The molecule has 0 bridgehead atoms. The summed E-state index contributed by atoms with van der Waals surface area (Å²) in [5, 5.41) is 0.564. The molecule has 1 rings (SSSR count). The Labute approximate surface area is 121 Å². The lowest BCUT2D eigenvalue weighted by atomic mass is 10.0. The van der Waals surface area contributed by atoms with Crippen molar-refractivity contribution in [3.05, 3.63) is 33.8 Å². The molecule has 0 unspecified atom stereocenters. The maximum atomic E-state index is 11.1. The molecule has 106 valence electrons. The van der Waals surface area contributed by atoms with E-state index in [0.29, 0.717) is 17.0 Å². The summed E-state index contributed by atoms with van der Waals surface area (Å²) in [6.07, 6.45) is -0.687. The fourth-order valence-corrected chi connectivity index (χ4v) is 2.09. The number of carbonyl (C=O) groups is 1. The van der Waals surface area contributed by atoms with Crippen LogP contribution in [0.5, 0.6) is 0 Å². The summed E-state index contributed by atoms with van der Waals surface area (Å²) in [7, 11) is 1.45. The molecular formula is C12H15Cl2NO4. The van der Waals surface area contributed by atoms with Crippen molar-refractivity contribution in [2.75, 3.05) is 13.9 Å². The highest BCUT2D eigenvalue weighted by atomic mass is 35.5. The highest BCUT2D eigenvalue weighted by molar-refractivity contribution is 6.42. The van der Waals surface area contributed by atoms with Crippen LogP contribution in [0, 0.1) is 0 Å². The normalized spacial score (nSPS) is 13.9. The van der Waals surface area contributed by atoms with Crippen molar-refractivity contribution in [1.82, 2.24) is 0 Å². The number of ether oxygens (including phenoxy) is 3. The Hall–Kier alpha value is -1.01. The van der Waals surface area contributed by atoms with Gasteiger partial charge in [0.15, 0.2) is 6.79 Å². The van der Waals surface area contributed by atoms with E-state index in [0.717, 1.165) is 0 Å². The van der Waals surface area contributed by atoms with Gasteiger partial charge in [-0.15, -0.1) is 0 Å². The average molecular weight is 308 g/mol. The van der Waals surface area contributed by atoms with Crippen molar-refractivity contribution in [2.45, 2.75) is 19.1 Å². The second-order valence-corrected chi connectivity index (χ2v) is 4.46. The predicted octanol–water partition coefficient (Wildman–Crippen LogP) is 3.27. The van der Waals surface area contributed by atoms with Crippen molar-refractivity contribution < 1.29 is 19.0 Å². The highest BCUT2D eigenvalue weighted by Crippen LogP contribution is 2.38. The first-order valence-electron chi connectivity index (χ1n) is 5.52. The van der Waals surface area contributed by atoms with Crippen LogP contribution in [0.1, 0.15) is 18.9 Å². The van der Waals surface area contributed by atoms with Gasteiger partial charge in [0.1, 0.15) is 0 Å². The van der Waals surface area contributed by atoms with E-state index in [2.05, 4.69) is 0 Å². The number of nitrogens with two attached hydrogens (primary N) is 1. The molecule has 0 fully saturated rings. The Balaban J connectivity index is 3.27. The van der Waals surface area contributed by atoms with Gasteiger partial charge in [-0.3, -0.25) is 0 Å². The quantitative estimate of drug-likeness (QED) is 0.819. The van der Waals surface area contributed by atoms with Gasteiger partial charge in [-0.25, -0.2) is 4.79 Å². The van der Waals surface area contributed by atoms with Crippen LogP contribution in [0.3, 0.4) is 0 Å². The number of halogens is 2. The molecule has 5 nitrogen and oxygen atoms in total. The molecule has 7 heteroatoms. The molecule has 0 radical (unpaired) electrons. The Morgan fingerprint density at radius 2 is 2.11 bits per heavy atom. The van der Waals surface area contributed by atoms with Gasteiger partial charge >= 0.3 is 6.09 Å². The van der Waals surface area contributed by atoms with E-state index in [1.165, 1.54) is 7.11 Å². The number of primary amides is 1. The van der Waals surface area contributed by atoms with E-state index in [1.54, 1.807) is 25.1 Å². The third-order valence-corrected chi connectivity index (χ3v) is 3.32. The van der Waals surface area contributed by atoms with Crippen LogP contribution in [-0.2, 0) is 20.0 Å². The van der Waals surface area contributed by atoms with Crippen molar-refractivity contribution in [1.29, 1.82) is 0 Å². The van der Waals surface area contributed by atoms with Crippen LogP contribution in [0.4, 0.5) is 4.79 Å². The zero-order valence-corrected chi connectivity index (χ0v) is 12.1. The molecule has 0 saturated carbocycles. The monoisotopic (exact) mass is 307 g/mol. The van der Waals surface area contributed by atoms with Crippen molar-refractivity contribution in [3.63, 3.8) is 0 Å². The van der Waals surface area contributed by atoms with Gasteiger partial charge in [0.05, 0.1) is 10.0 Å². The van der Waals surface area contributed by atoms with Gasteiger partial charge in [-0.1, -0.05) is 42.3 Å². The summed E-state index contributed by atoms with van der Waals surface area (Å²) in [6, 6.07) is 4.94. The summed E-state index contributed by atoms with van der Waals surface area (Å²) < 4.78 is 15.4. The molecule has 1 aromatic rings. The van der Waals surface area contributed by atoms with Gasteiger partial charge in [0.2, 0.25) is 5.79 Å². The van der Waals surface area contributed by atoms with E-state index in [4.69, 9.17) is 43.1 Å². The largest absolute Gasteiger partial charge is 0.412 e. The maximum Gasteiger partial charge on any atom is 0.407 e. The fraction of sp³-hybridized carbons (Fsp3) is 0.417. The van der Waals surface area contributed by atoms with Crippen molar-refractivity contribution in [3.8, 4) is 0 Å². The van der Waals surface area contributed by atoms with Crippen LogP contribution < -0.4 is 5.73 Å². The number of methoxy groups -OCH3 is 1. The smallest absolute Gasteiger partial charge is 0.407 e. The van der Waals surface area contributed by atoms with E-state index >= 15 is 0 Å². The average Bonchev–Trinajstić information content (AvgIpc) is 2.37. The number of hydrogen-bond donors (Lipinski definition) is 1. The number of amides is 1. The Bertz CT molecular complexity index is 455. The lowest BCUT2D eigenvalue weighted by molar-refractivity contribution is -0.249. The Morgan fingerprint density at radius 1 is 1.42 bits per heavy atom.